The maximum absolute atomic E-state index is 5.94. The molecule has 0 aliphatic carbocycles. The second-order valence-corrected chi connectivity index (χ2v) is 5.38. The highest BCUT2D eigenvalue weighted by molar-refractivity contribution is 9.10. The van der Waals surface area contributed by atoms with Gasteiger partial charge < -0.3 is 15.8 Å². The minimum absolute atomic E-state index is 0.375. The zero-order valence-electron chi connectivity index (χ0n) is 9.92. The van der Waals surface area contributed by atoms with E-state index in [1.807, 2.05) is 18.2 Å². The molecule has 3 N–H and O–H groups in total. The molecule has 2 rings (SSSR count). The van der Waals surface area contributed by atoms with Crippen molar-refractivity contribution in [3.63, 3.8) is 0 Å². The first-order valence-electron chi connectivity index (χ1n) is 6.12. The lowest BCUT2D eigenvalue weighted by Gasteiger charge is -2.23. The van der Waals surface area contributed by atoms with Gasteiger partial charge >= 0.3 is 0 Å². The van der Waals surface area contributed by atoms with Crippen molar-refractivity contribution in [3.8, 4) is 0 Å². The molecule has 1 aliphatic heterocycles. The molecule has 1 atom stereocenters. The highest BCUT2D eigenvalue weighted by Crippen LogP contribution is 2.18. The van der Waals surface area contributed by atoms with Gasteiger partial charge in [0, 0.05) is 29.9 Å². The molecule has 0 bridgehead atoms. The smallest absolute Gasteiger partial charge is 0.0699 e. The molecule has 0 spiro atoms. The minimum Gasteiger partial charge on any atom is -0.398 e. The van der Waals surface area contributed by atoms with Gasteiger partial charge in [-0.15, -0.1) is 0 Å². The van der Waals surface area contributed by atoms with Crippen molar-refractivity contribution in [2.24, 2.45) is 0 Å². The summed E-state index contributed by atoms with van der Waals surface area (Å²) in [5, 5.41) is 3.41. The van der Waals surface area contributed by atoms with Gasteiger partial charge in [0.1, 0.15) is 0 Å². The highest BCUT2D eigenvalue weighted by Gasteiger charge is 2.12. The predicted molar refractivity (Wildman–Crippen MR) is 73.9 cm³/mol. The Morgan fingerprint density at radius 2 is 2.29 bits per heavy atom. The molecule has 1 aromatic carbocycles. The summed E-state index contributed by atoms with van der Waals surface area (Å²) in [4.78, 5) is 0. The molecule has 0 radical (unpaired) electrons. The summed E-state index contributed by atoms with van der Waals surface area (Å²) in [6.45, 7) is 2.63. The number of hydrogen-bond acceptors (Lipinski definition) is 3. The summed E-state index contributed by atoms with van der Waals surface area (Å²) in [6, 6.07) is 6.01. The van der Waals surface area contributed by atoms with E-state index in [-0.39, 0.29) is 0 Å². The fraction of sp³-hybridized carbons (Fsp3) is 0.538. The Labute approximate surface area is 111 Å². The standard InChI is InChI=1S/C13H19BrN2O/c14-11-5-4-10(13(15)7-11)8-16-9-12-3-1-2-6-17-12/h4-5,7,12,16H,1-3,6,8-9,15H2. The van der Waals surface area contributed by atoms with E-state index < -0.39 is 0 Å². The molecule has 1 heterocycles. The summed E-state index contributed by atoms with van der Waals surface area (Å²) in [5.41, 5.74) is 7.91. The monoisotopic (exact) mass is 298 g/mol. The van der Waals surface area contributed by atoms with Gasteiger partial charge in [-0.25, -0.2) is 0 Å². The van der Waals surface area contributed by atoms with Gasteiger partial charge in [0.2, 0.25) is 0 Å². The Hall–Kier alpha value is -0.580. The Bertz CT molecular complexity index is 364. The van der Waals surface area contributed by atoms with E-state index in [2.05, 4.69) is 21.2 Å². The van der Waals surface area contributed by atoms with Crippen LogP contribution < -0.4 is 11.1 Å². The van der Waals surface area contributed by atoms with Crippen LogP contribution in [0.2, 0.25) is 0 Å². The minimum atomic E-state index is 0.375. The lowest BCUT2D eigenvalue weighted by atomic mass is 10.1. The van der Waals surface area contributed by atoms with Crippen molar-refractivity contribution >= 4 is 21.6 Å². The summed E-state index contributed by atoms with van der Waals surface area (Å²) in [5.74, 6) is 0. The molecule has 0 aromatic heterocycles. The molecule has 1 unspecified atom stereocenters. The quantitative estimate of drug-likeness (QED) is 0.840. The van der Waals surface area contributed by atoms with Gasteiger partial charge in [-0.05, 0) is 37.0 Å². The van der Waals surface area contributed by atoms with E-state index >= 15 is 0 Å². The van der Waals surface area contributed by atoms with Gasteiger partial charge in [0.25, 0.3) is 0 Å². The topological polar surface area (TPSA) is 47.3 Å². The fourth-order valence-corrected chi connectivity index (χ4v) is 2.44. The Balaban J connectivity index is 1.77. The number of rotatable bonds is 4. The van der Waals surface area contributed by atoms with Crippen LogP contribution in [0.3, 0.4) is 0 Å². The van der Waals surface area contributed by atoms with Crippen LogP contribution in [0.25, 0.3) is 0 Å². The zero-order valence-corrected chi connectivity index (χ0v) is 11.5. The molecule has 1 aromatic rings. The van der Waals surface area contributed by atoms with E-state index in [0.29, 0.717) is 6.10 Å². The molecule has 17 heavy (non-hydrogen) atoms. The molecular weight excluding hydrogens is 280 g/mol. The van der Waals surface area contributed by atoms with E-state index in [1.165, 1.54) is 19.3 Å². The maximum Gasteiger partial charge on any atom is 0.0699 e. The third-order valence-corrected chi connectivity index (χ3v) is 3.56. The van der Waals surface area contributed by atoms with Crippen molar-refractivity contribution in [2.45, 2.75) is 31.9 Å². The first-order chi connectivity index (χ1) is 8.25. The normalized spacial score (nSPS) is 20.4. The van der Waals surface area contributed by atoms with E-state index in [0.717, 1.165) is 35.4 Å². The molecule has 1 aliphatic rings. The lowest BCUT2D eigenvalue weighted by Crippen LogP contribution is -2.31. The largest absolute Gasteiger partial charge is 0.398 e. The van der Waals surface area contributed by atoms with Crippen LogP contribution in [-0.4, -0.2) is 19.3 Å². The zero-order chi connectivity index (χ0) is 12.1. The number of benzene rings is 1. The van der Waals surface area contributed by atoms with Crippen molar-refractivity contribution in [1.82, 2.24) is 5.32 Å². The van der Waals surface area contributed by atoms with Crippen LogP contribution in [0.1, 0.15) is 24.8 Å². The first kappa shape index (κ1) is 12.9. The average Bonchev–Trinajstić information content (AvgIpc) is 2.33. The SMILES string of the molecule is Nc1cc(Br)ccc1CNCC1CCCCO1. The molecule has 94 valence electrons. The number of nitrogens with two attached hydrogens (primary N) is 1. The second-order valence-electron chi connectivity index (χ2n) is 4.46. The van der Waals surface area contributed by atoms with Gasteiger partial charge in [0.05, 0.1) is 6.10 Å². The van der Waals surface area contributed by atoms with Crippen molar-refractivity contribution in [1.29, 1.82) is 0 Å². The third kappa shape index (κ3) is 3.98. The highest BCUT2D eigenvalue weighted by atomic mass is 79.9. The van der Waals surface area contributed by atoms with Crippen LogP contribution in [0.15, 0.2) is 22.7 Å². The molecule has 1 saturated heterocycles. The van der Waals surface area contributed by atoms with Crippen LogP contribution in [0.5, 0.6) is 0 Å². The second kappa shape index (κ2) is 6.38. The van der Waals surface area contributed by atoms with Crippen LogP contribution in [0.4, 0.5) is 5.69 Å². The summed E-state index contributed by atoms with van der Waals surface area (Å²) in [6.07, 6.45) is 4.03. The molecule has 1 fully saturated rings. The number of halogens is 1. The Morgan fingerprint density at radius 3 is 3.00 bits per heavy atom. The van der Waals surface area contributed by atoms with Crippen molar-refractivity contribution in [3.05, 3.63) is 28.2 Å². The fourth-order valence-electron chi connectivity index (χ4n) is 2.06. The first-order valence-corrected chi connectivity index (χ1v) is 6.91. The summed E-state index contributed by atoms with van der Waals surface area (Å²) < 4.78 is 6.69. The summed E-state index contributed by atoms with van der Waals surface area (Å²) >= 11 is 3.41. The van der Waals surface area contributed by atoms with E-state index in [9.17, 15) is 0 Å². The molecule has 0 amide bonds. The van der Waals surface area contributed by atoms with Crippen molar-refractivity contribution < 1.29 is 4.74 Å². The van der Waals surface area contributed by atoms with Crippen LogP contribution >= 0.6 is 15.9 Å². The van der Waals surface area contributed by atoms with Crippen molar-refractivity contribution in [2.75, 3.05) is 18.9 Å². The third-order valence-electron chi connectivity index (χ3n) is 3.07. The molecular formula is C13H19BrN2O. The number of anilines is 1. The van der Waals surface area contributed by atoms with Crippen LogP contribution in [0, 0.1) is 0 Å². The molecule has 3 nitrogen and oxygen atoms in total. The van der Waals surface area contributed by atoms with E-state index in [4.69, 9.17) is 10.5 Å². The predicted octanol–water partition coefficient (Wildman–Crippen LogP) is 2.69. The van der Waals surface area contributed by atoms with Gasteiger partial charge in [-0.1, -0.05) is 22.0 Å². The lowest BCUT2D eigenvalue weighted by molar-refractivity contribution is 0.0168. The number of nitrogen functional groups attached to an aromatic ring is 1. The number of hydrogen-bond donors (Lipinski definition) is 2. The Kier molecular flexibility index (Phi) is 4.83. The average molecular weight is 299 g/mol. The summed E-state index contributed by atoms with van der Waals surface area (Å²) in [7, 11) is 0. The van der Waals surface area contributed by atoms with Gasteiger partial charge in [0.15, 0.2) is 0 Å². The number of nitrogens with one attached hydrogen (secondary N) is 1. The van der Waals surface area contributed by atoms with Crippen LogP contribution in [-0.2, 0) is 11.3 Å². The Morgan fingerprint density at radius 1 is 1.41 bits per heavy atom. The van der Waals surface area contributed by atoms with E-state index in [1.54, 1.807) is 0 Å². The molecule has 0 saturated carbocycles. The number of ether oxygens (including phenoxy) is 1. The van der Waals surface area contributed by atoms with Gasteiger partial charge in [-0.3, -0.25) is 0 Å². The molecule has 4 heteroatoms. The maximum atomic E-state index is 5.94. The van der Waals surface area contributed by atoms with Gasteiger partial charge in [-0.2, -0.15) is 0 Å².